The van der Waals surface area contributed by atoms with Crippen LogP contribution in [-0.4, -0.2) is 15.5 Å². The molecular weight excluding hydrogens is 310 g/mol. The van der Waals surface area contributed by atoms with E-state index in [2.05, 4.69) is 5.32 Å². The van der Waals surface area contributed by atoms with Gasteiger partial charge in [-0.15, -0.1) is 0 Å². The Hall–Kier alpha value is -2.47. The predicted octanol–water partition coefficient (Wildman–Crippen LogP) is 2.21. The van der Waals surface area contributed by atoms with Gasteiger partial charge in [-0.1, -0.05) is 30.4 Å². The minimum atomic E-state index is -0.105. The molecule has 0 radical (unpaired) electrons. The highest BCUT2D eigenvalue weighted by Gasteiger charge is 2.05. The third kappa shape index (κ3) is 4.75. The molecule has 0 saturated heterocycles. The molecule has 3 N–H and O–H groups in total. The third-order valence-corrected chi connectivity index (χ3v) is 3.72. The molecule has 2 rings (SSSR count). The average Bonchev–Trinajstić information content (AvgIpc) is 2.50. The summed E-state index contributed by atoms with van der Waals surface area (Å²) < 4.78 is 1.67. The second kappa shape index (κ2) is 7.69. The van der Waals surface area contributed by atoms with E-state index in [0.717, 1.165) is 5.69 Å². The van der Waals surface area contributed by atoms with E-state index in [1.54, 1.807) is 34.9 Å². The lowest BCUT2D eigenvalue weighted by Gasteiger charge is -2.10. The molecule has 0 spiro atoms. The number of nitrogens with zero attached hydrogens (tertiary/aromatic N) is 1. The van der Waals surface area contributed by atoms with Gasteiger partial charge < -0.3 is 15.6 Å². The Labute approximate surface area is 140 Å². The highest BCUT2D eigenvalue weighted by molar-refractivity contribution is 7.80. The summed E-state index contributed by atoms with van der Waals surface area (Å²) in [5, 5.41) is 2.81. The molecular formula is C17H19N3O2S. The number of benzene rings is 1. The fourth-order valence-corrected chi connectivity index (χ4v) is 2.41. The van der Waals surface area contributed by atoms with E-state index in [4.69, 9.17) is 18.0 Å². The number of rotatable bonds is 6. The number of hydrogen-bond acceptors (Lipinski definition) is 3. The largest absolute Gasteiger partial charge is 0.389 e. The lowest BCUT2D eigenvalue weighted by atomic mass is 10.2. The number of aromatic nitrogens is 1. The van der Waals surface area contributed by atoms with Crippen LogP contribution >= 0.6 is 12.2 Å². The van der Waals surface area contributed by atoms with Crippen molar-refractivity contribution in [3.05, 3.63) is 64.1 Å². The van der Waals surface area contributed by atoms with Crippen molar-refractivity contribution in [1.29, 1.82) is 0 Å². The zero-order valence-corrected chi connectivity index (χ0v) is 13.7. The molecule has 1 amide bonds. The topological polar surface area (TPSA) is 77.1 Å². The first-order valence-electron chi connectivity index (χ1n) is 7.33. The van der Waals surface area contributed by atoms with E-state index in [-0.39, 0.29) is 11.5 Å². The van der Waals surface area contributed by atoms with Gasteiger partial charge in [0, 0.05) is 36.0 Å². The van der Waals surface area contributed by atoms with Gasteiger partial charge in [0.1, 0.15) is 4.99 Å². The predicted molar refractivity (Wildman–Crippen MR) is 95.6 cm³/mol. The molecule has 120 valence electrons. The SMILES string of the molecule is Cc1cccc(=O)n1CCCC(=O)Nc1cccc(C(N)=S)c1. The minimum Gasteiger partial charge on any atom is -0.389 e. The summed E-state index contributed by atoms with van der Waals surface area (Å²) in [4.78, 5) is 24.0. The maximum absolute atomic E-state index is 12.0. The van der Waals surface area contributed by atoms with Crippen LogP contribution in [0.1, 0.15) is 24.1 Å². The van der Waals surface area contributed by atoms with E-state index >= 15 is 0 Å². The van der Waals surface area contributed by atoms with Gasteiger partial charge >= 0.3 is 0 Å². The number of pyridine rings is 1. The van der Waals surface area contributed by atoms with Gasteiger partial charge in [-0.3, -0.25) is 9.59 Å². The number of thiocarbonyl (C=S) groups is 1. The van der Waals surface area contributed by atoms with Gasteiger partial charge in [-0.2, -0.15) is 0 Å². The van der Waals surface area contributed by atoms with E-state index in [1.807, 2.05) is 13.0 Å². The number of anilines is 1. The smallest absolute Gasteiger partial charge is 0.250 e. The van der Waals surface area contributed by atoms with E-state index in [0.29, 0.717) is 35.6 Å². The van der Waals surface area contributed by atoms with Crippen LogP contribution in [0.25, 0.3) is 0 Å². The Morgan fingerprint density at radius 1 is 1.26 bits per heavy atom. The van der Waals surface area contributed by atoms with Gasteiger partial charge in [-0.05, 0) is 31.5 Å². The summed E-state index contributed by atoms with van der Waals surface area (Å²) in [5.41, 5.74) is 7.79. The Morgan fingerprint density at radius 3 is 2.70 bits per heavy atom. The summed E-state index contributed by atoms with van der Waals surface area (Å²) in [7, 11) is 0. The van der Waals surface area contributed by atoms with Crippen LogP contribution in [0, 0.1) is 6.92 Å². The molecule has 0 saturated carbocycles. The molecule has 0 unspecified atom stereocenters. The van der Waals surface area contributed by atoms with Crippen LogP contribution in [0.2, 0.25) is 0 Å². The molecule has 1 aromatic heterocycles. The molecule has 0 bridgehead atoms. The summed E-state index contributed by atoms with van der Waals surface area (Å²) in [5.74, 6) is -0.105. The van der Waals surface area contributed by atoms with E-state index in [9.17, 15) is 9.59 Å². The molecule has 0 aliphatic carbocycles. The zero-order chi connectivity index (χ0) is 16.8. The number of carbonyl (C=O) groups is 1. The summed E-state index contributed by atoms with van der Waals surface area (Å²) in [6.07, 6.45) is 0.920. The van der Waals surface area contributed by atoms with Crippen molar-refractivity contribution in [1.82, 2.24) is 4.57 Å². The van der Waals surface area contributed by atoms with Crippen molar-refractivity contribution in [2.45, 2.75) is 26.3 Å². The van der Waals surface area contributed by atoms with Crippen LogP contribution in [0.5, 0.6) is 0 Å². The van der Waals surface area contributed by atoms with Crippen molar-refractivity contribution in [3.8, 4) is 0 Å². The Bertz CT molecular complexity index is 783. The van der Waals surface area contributed by atoms with Crippen molar-refractivity contribution in [3.63, 3.8) is 0 Å². The molecule has 1 aromatic carbocycles. The maximum Gasteiger partial charge on any atom is 0.250 e. The molecule has 1 heterocycles. The number of hydrogen-bond donors (Lipinski definition) is 2. The van der Waals surface area contributed by atoms with Gasteiger partial charge in [0.15, 0.2) is 0 Å². The lowest BCUT2D eigenvalue weighted by Crippen LogP contribution is -2.22. The minimum absolute atomic E-state index is 0.0467. The van der Waals surface area contributed by atoms with E-state index < -0.39 is 0 Å². The first-order chi connectivity index (χ1) is 11.0. The lowest BCUT2D eigenvalue weighted by molar-refractivity contribution is -0.116. The molecule has 5 nitrogen and oxygen atoms in total. The molecule has 0 aliphatic rings. The van der Waals surface area contributed by atoms with Crippen molar-refractivity contribution in [2.24, 2.45) is 5.73 Å². The second-order valence-corrected chi connectivity index (χ2v) is 5.69. The van der Waals surface area contributed by atoms with Crippen LogP contribution in [0.4, 0.5) is 5.69 Å². The highest BCUT2D eigenvalue weighted by atomic mass is 32.1. The van der Waals surface area contributed by atoms with Crippen molar-refractivity contribution >= 4 is 28.8 Å². The summed E-state index contributed by atoms with van der Waals surface area (Å²) >= 11 is 4.92. The quantitative estimate of drug-likeness (QED) is 0.797. The van der Waals surface area contributed by atoms with Crippen LogP contribution in [-0.2, 0) is 11.3 Å². The molecule has 23 heavy (non-hydrogen) atoms. The average molecular weight is 329 g/mol. The number of amides is 1. The van der Waals surface area contributed by atoms with E-state index in [1.165, 1.54) is 6.07 Å². The van der Waals surface area contributed by atoms with Crippen LogP contribution in [0.15, 0.2) is 47.3 Å². The Morgan fingerprint density at radius 2 is 2.00 bits per heavy atom. The molecule has 0 fully saturated rings. The molecule has 0 atom stereocenters. The van der Waals surface area contributed by atoms with Gasteiger partial charge in [0.2, 0.25) is 5.91 Å². The monoisotopic (exact) mass is 329 g/mol. The first-order valence-corrected chi connectivity index (χ1v) is 7.74. The fourth-order valence-electron chi connectivity index (χ4n) is 2.28. The van der Waals surface area contributed by atoms with Gasteiger partial charge in [0.25, 0.3) is 5.56 Å². The Kier molecular flexibility index (Phi) is 5.65. The third-order valence-electron chi connectivity index (χ3n) is 3.48. The number of aryl methyl sites for hydroxylation is 1. The summed E-state index contributed by atoms with van der Waals surface area (Å²) in [6.45, 7) is 2.40. The maximum atomic E-state index is 12.0. The second-order valence-electron chi connectivity index (χ2n) is 5.25. The Balaban J connectivity index is 1.90. The zero-order valence-electron chi connectivity index (χ0n) is 12.9. The molecule has 6 heteroatoms. The summed E-state index contributed by atoms with van der Waals surface area (Å²) in [6, 6.07) is 12.2. The van der Waals surface area contributed by atoms with Crippen LogP contribution < -0.4 is 16.6 Å². The number of nitrogens with one attached hydrogen (secondary N) is 1. The van der Waals surface area contributed by atoms with Gasteiger partial charge in [-0.25, -0.2) is 0 Å². The highest BCUT2D eigenvalue weighted by Crippen LogP contribution is 2.11. The van der Waals surface area contributed by atoms with Crippen LogP contribution in [0.3, 0.4) is 0 Å². The molecule has 0 aliphatic heterocycles. The fraction of sp³-hybridized carbons (Fsp3) is 0.235. The normalized spacial score (nSPS) is 10.3. The number of nitrogens with two attached hydrogens (primary N) is 1. The molecule has 2 aromatic rings. The van der Waals surface area contributed by atoms with Gasteiger partial charge in [0.05, 0.1) is 0 Å². The van der Waals surface area contributed by atoms with Crippen molar-refractivity contribution in [2.75, 3.05) is 5.32 Å². The van der Waals surface area contributed by atoms with Crippen molar-refractivity contribution < 1.29 is 4.79 Å². The standard InChI is InChI=1S/C17H19N3O2S/c1-12-5-2-9-16(22)20(12)10-4-8-15(21)19-14-7-3-6-13(11-14)17(18)23/h2-3,5-7,9,11H,4,8,10H2,1H3,(H2,18,23)(H,19,21). The first kappa shape index (κ1) is 16.9. The number of carbonyl (C=O) groups excluding carboxylic acids is 1.